The number of carbonyl (C=O) groups is 2. The topological polar surface area (TPSA) is 93.1 Å². The minimum atomic E-state index is -0.924. The molecule has 2 unspecified atom stereocenters. The van der Waals surface area contributed by atoms with E-state index >= 15 is 0 Å². The SMILES string of the molecule is CCC(CC(=O)O)OC(CC)CC(=O)O.CCOCC. The molecule has 6 nitrogen and oxygen atoms in total. The van der Waals surface area contributed by atoms with Gasteiger partial charge in [-0.1, -0.05) is 13.8 Å². The van der Waals surface area contributed by atoms with Gasteiger partial charge in [-0.15, -0.1) is 0 Å². The van der Waals surface area contributed by atoms with Crippen molar-refractivity contribution in [2.45, 2.75) is 65.6 Å². The molecule has 0 saturated carbocycles. The molecule has 0 amide bonds. The Morgan fingerprint density at radius 3 is 1.35 bits per heavy atom. The first-order valence-electron chi connectivity index (χ1n) is 7.07. The lowest BCUT2D eigenvalue weighted by molar-refractivity contribution is -0.144. The van der Waals surface area contributed by atoms with Gasteiger partial charge in [0.15, 0.2) is 0 Å². The molecule has 0 saturated heterocycles. The van der Waals surface area contributed by atoms with E-state index in [9.17, 15) is 9.59 Å². The molecule has 0 aromatic rings. The first-order chi connectivity index (χ1) is 9.40. The molecule has 0 fully saturated rings. The molecule has 120 valence electrons. The van der Waals surface area contributed by atoms with Gasteiger partial charge in [0.25, 0.3) is 0 Å². The quantitative estimate of drug-likeness (QED) is 0.642. The molecule has 0 aromatic heterocycles. The monoisotopic (exact) mass is 292 g/mol. The molecular formula is C14H28O6. The molecule has 0 aliphatic carbocycles. The number of hydrogen-bond donors (Lipinski definition) is 2. The van der Waals surface area contributed by atoms with Crippen LogP contribution in [0.2, 0.25) is 0 Å². The van der Waals surface area contributed by atoms with Crippen molar-refractivity contribution in [2.24, 2.45) is 0 Å². The minimum absolute atomic E-state index is 0.0768. The lowest BCUT2D eigenvalue weighted by Crippen LogP contribution is -2.25. The molecule has 0 spiro atoms. The van der Waals surface area contributed by atoms with Gasteiger partial charge in [-0.05, 0) is 26.7 Å². The standard InChI is InChI=1S/C10H18O5.C4H10O/c1-3-7(5-9(11)12)15-8(4-2)6-10(13)14;1-3-5-4-2/h7-8H,3-6H2,1-2H3,(H,11,12)(H,13,14);3-4H2,1-2H3. The third-order valence-corrected chi connectivity index (χ3v) is 2.51. The maximum atomic E-state index is 10.5. The van der Waals surface area contributed by atoms with Crippen LogP contribution in [0.1, 0.15) is 53.4 Å². The zero-order valence-electron chi connectivity index (χ0n) is 12.9. The van der Waals surface area contributed by atoms with Crippen molar-refractivity contribution in [1.29, 1.82) is 0 Å². The molecule has 0 bridgehead atoms. The molecule has 0 aliphatic rings. The highest BCUT2D eigenvalue weighted by Crippen LogP contribution is 2.12. The fourth-order valence-corrected chi connectivity index (χ4v) is 1.44. The van der Waals surface area contributed by atoms with Crippen LogP contribution in [0.25, 0.3) is 0 Å². The molecule has 2 N–H and O–H groups in total. The number of carboxylic acids is 2. The molecular weight excluding hydrogens is 264 g/mol. The molecule has 0 rings (SSSR count). The van der Waals surface area contributed by atoms with Crippen molar-refractivity contribution in [3.63, 3.8) is 0 Å². The summed E-state index contributed by atoms with van der Waals surface area (Å²) in [6.07, 6.45) is 0.197. The van der Waals surface area contributed by atoms with Crippen LogP contribution in [0.3, 0.4) is 0 Å². The Balaban J connectivity index is 0. The third kappa shape index (κ3) is 14.9. The fraction of sp³-hybridized carbons (Fsp3) is 0.857. The van der Waals surface area contributed by atoms with Crippen LogP contribution in [0.5, 0.6) is 0 Å². The number of ether oxygens (including phenoxy) is 2. The smallest absolute Gasteiger partial charge is 0.305 e. The minimum Gasteiger partial charge on any atom is -0.481 e. The van der Waals surface area contributed by atoms with E-state index in [-0.39, 0.29) is 12.8 Å². The van der Waals surface area contributed by atoms with Crippen LogP contribution >= 0.6 is 0 Å². The van der Waals surface area contributed by atoms with Gasteiger partial charge < -0.3 is 19.7 Å². The highest BCUT2D eigenvalue weighted by molar-refractivity contribution is 5.68. The van der Waals surface area contributed by atoms with Crippen LogP contribution in [-0.4, -0.2) is 47.6 Å². The summed E-state index contributed by atoms with van der Waals surface area (Å²) in [5.41, 5.74) is 0. The summed E-state index contributed by atoms with van der Waals surface area (Å²) in [6, 6.07) is 0. The van der Waals surface area contributed by atoms with Gasteiger partial charge in [0.05, 0.1) is 25.0 Å². The van der Waals surface area contributed by atoms with Crippen molar-refractivity contribution in [2.75, 3.05) is 13.2 Å². The molecule has 0 aromatic carbocycles. The van der Waals surface area contributed by atoms with Crippen molar-refractivity contribution >= 4 is 11.9 Å². The van der Waals surface area contributed by atoms with Crippen LogP contribution in [0.15, 0.2) is 0 Å². The highest BCUT2D eigenvalue weighted by atomic mass is 16.5. The summed E-state index contributed by atoms with van der Waals surface area (Å²) in [6.45, 7) is 9.31. The molecule has 2 atom stereocenters. The number of aliphatic carboxylic acids is 2. The van der Waals surface area contributed by atoms with Crippen molar-refractivity contribution in [1.82, 2.24) is 0 Å². The van der Waals surface area contributed by atoms with E-state index in [0.29, 0.717) is 12.8 Å². The summed E-state index contributed by atoms with van der Waals surface area (Å²) >= 11 is 0. The van der Waals surface area contributed by atoms with Crippen molar-refractivity contribution in [3.8, 4) is 0 Å². The molecule has 0 radical (unpaired) electrons. The van der Waals surface area contributed by atoms with Gasteiger partial charge in [-0.25, -0.2) is 0 Å². The van der Waals surface area contributed by atoms with Crippen molar-refractivity contribution < 1.29 is 29.3 Å². The molecule has 0 heterocycles. The van der Waals surface area contributed by atoms with Crippen LogP contribution in [-0.2, 0) is 19.1 Å². The summed E-state index contributed by atoms with van der Waals surface area (Å²) in [4.78, 5) is 20.9. The van der Waals surface area contributed by atoms with Crippen LogP contribution < -0.4 is 0 Å². The Labute approximate surface area is 121 Å². The highest BCUT2D eigenvalue weighted by Gasteiger charge is 2.18. The summed E-state index contributed by atoms with van der Waals surface area (Å²) < 4.78 is 10.2. The van der Waals surface area contributed by atoms with Gasteiger partial charge in [-0.3, -0.25) is 9.59 Å². The Kier molecular flexibility index (Phi) is 15.1. The van der Waals surface area contributed by atoms with Gasteiger partial charge in [-0.2, -0.15) is 0 Å². The third-order valence-electron chi connectivity index (χ3n) is 2.51. The first kappa shape index (κ1) is 21.2. The van der Waals surface area contributed by atoms with E-state index < -0.39 is 24.1 Å². The predicted octanol–water partition coefficient (Wildman–Crippen LogP) is 2.55. The normalized spacial score (nSPS) is 13.0. The van der Waals surface area contributed by atoms with E-state index in [1.807, 2.05) is 27.7 Å². The van der Waals surface area contributed by atoms with Gasteiger partial charge in [0.1, 0.15) is 0 Å². The second-order valence-electron chi connectivity index (χ2n) is 4.17. The second-order valence-corrected chi connectivity index (χ2v) is 4.17. The van der Waals surface area contributed by atoms with E-state index in [2.05, 4.69) is 0 Å². The largest absolute Gasteiger partial charge is 0.481 e. The first-order valence-corrected chi connectivity index (χ1v) is 7.07. The Morgan fingerprint density at radius 2 is 1.20 bits per heavy atom. The summed E-state index contributed by atoms with van der Waals surface area (Å²) in [7, 11) is 0. The van der Waals surface area contributed by atoms with E-state index in [0.717, 1.165) is 13.2 Å². The van der Waals surface area contributed by atoms with Crippen molar-refractivity contribution in [3.05, 3.63) is 0 Å². The maximum Gasteiger partial charge on any atom is 0.305 e. The average molecular weight is 292 g/mol. The molecule has 20 heavy (non-hydrogen) atoms. The van der Waals surface area contributed by atoms with Gasteiger partial charge in [0.2, 0.25) is 0 Å². The van der Waals surface area contributed by atoms with Gasteiger partial charge >= 0.3 is 11.9 Å². The number of rotatable bonds is 10. The lowest BCUT2D eigenvalue weighted by Gasteiger charge is -2.20. The Bertz CT molecular complexity index is 230. The Hall–Kier alpha value is -1.14. The maximum absolute atomic E-state index is 10.5. The van der Waals surface area contributed by atoms with E-state index in [1.54, 1.807) is 0 Å². The Morgan fingerprint density at radius 1 is 0.850 bits per heavy atom. The number of carboxylic acid groups (broad SMARTS) is 2. The van der Waals surface area contributed by atoms with E-state index in [1.165, 1.54) is 0 Å². The van der Waals surface area contributed by atoms with Crippen LogP contribution in [0, 0.1) is 0 Å². The van der Waals surface area contributed by atoms with Gasteiger partial charge in [0, 0.05) is 13.2 Å². The average Bonchev–Trinajstić information content (AvgIpc) is 2.37. The zero-order valence-corrected chi connectivity index (χ0v) is 12.9. The lowest BCUT2D eigenvalue weighted by atomic mass is 10.1. The van der Waals surface area contributed by atoms with Crippen LogP contribution in [0.4, 0.5) is 0 Å². The van der Waals surface area contributed by atoms with E-state index in [4.69, 9.17) is 19.7 Å². The summed E-state index contributed by atoms with van der Waals surface area (Å²) in [5, 5.41) is 17.2. The summed E-state index contributed by atoms with van der Waals surface area (Å²) in [5.74, 6) is -1.85. The molecule has 6 heteroatoms. The fourth-order valence-electron chi connectivity index (χ4n) is 1.44. The second kappa shape index (κ2) is 14.3. The number of hydrogen-bond acceptors (Lipinski definition) is 4. The predicted molar refractivity (Wildman–Crippen MR) is 75.9 cm³/mol. The zero-order chi connectivity index (χ0) is 16.0. The molecule has 0 aliphatic heterocycles.